The summed E-state index contributed by atoms with van der Waals surface area (Å²) in [6.45, 7) is 1.47. The minimum absolute atomic E-state index is 0.00140. The van der Waals surface area contributed by atoms with Crippen molar-refractivity contribution in [3.8, 4) is 0 Å². The van der Waals surface area contributed by atoms with Crippen LogP contribution in [-0.4, -0.2) is 263 Å². The van der Waals surface area contributed by atoms with Crippen molar-refractivity contribution in [3.05, 3.63) is 34.3 Å². The molecule has 32 heteroatoms. The van der Waals surface area contributed by atoms with E-state index in [2.05, 4.69) is 16.0 Å². The van der Waals surface area contributed by atoms with Gasteiger partial charge in [0.2, 0.25) is 70.9 Å². The van der Waals surface area contributed by atoms with Gasteiger partial charge in [-0.1, -0.05) is 110 Å². The van der Waals surface area contributed by atoms with E-state index < -0.39 is 192 Å². The predicted octanol–water partition coefficient (Wildman–Crippen LogP) is 6.52. The van der Waals surface area contributed by atoms with Gasteiger partial charge in [-0.15, -0.1) is 0 Å². The molecule has 3 heterocycles. The highest BCUT2D eigenvalue weighted by Gasteiger charge is 2.65. The van der Waals surface area contributed by atoms with Crippen LogP contribution in [0, 0.1) is 23.7 Å². The van der Waals surface area contributed by atoms with Gasteiger partial charge in [0.05, 0.1) is 49.7 Å². The maximum Gasteiger partial charge on any atom is 0.417 e. The standard InChI is InChI=1S/C72H106ClF7N12O12/c1-43(2)33-51-63(99)86(7)39-58(95)84(5)40-59(96)88(9)54(36-45-21-14-12-15-22-45)65(101)85(6)38-56(93)81-50(29-27-46-26-28-48(49(73)35-46)72(78,79)80)64(100)92-32-20-25-52(92)62(98)83-69(30-18-19-31-69)68(104)90(11)60(47-23-16-13-17-24-47)67(103)89(10)55(66(102)91-41-70(74,75)71(76,77)42-91)37-57(94)87(8)53(34-44(3)4)61(97)82-51/h26,28,35,43-45,47,50-55,60H,12-25,27,29-34,36-42H2,1-11H3,(H,81,93)(H,82,97)(H,83,98)/t50-,51-,52-,53-,54-,55-,60-/m0/s1. The van der Waals surface area contributed by atoms with E-state index in [1.165, 1.54) is 58.2 Å². The second-order valence-corrected chi connectivity index (χ2v) is 31.1. The minimum Gasteiger partial charge on any atom is -0.343 e. The molecule has 0 radical (unpaired) electrons. The SMILES string of the molecule is CC(C)C[C@@H]1NC(=O)[C@H](CC(C)C)N(C)C(=O)C[C@@H](C(=O)N2CC(F)(F)C(F)(F)C2)N(C)C(=O)[C@H](C2CCCCC2)N(C)C(=O)C2(CCCC2)NC(=O)[C@@H]2CCCN2C(=O)[C@H](CCc2ccc(C(F)(F)F)c(Cl)c2)NC(=O)CN(C)C(=O)[C@H](CC2CCCCC2)N(C)C(=O)CN(C)C(=O)CN(C)C1=O. The molecular weight excluding hydrogens is 1390 g/mol. The fourth-order valence-corrected chi connectivity index (χ4v) is 16.0. The Balaban J connectivity index is 1.31. The Morgan fingerprint density at radius 3 is 1.73 bits per heavy atom. The molecule has 3 saturated heterocycles. The van der Waals surface area contributed by atoms with E-state index in [1.807, 2.05) is 0 Å². The van der Waals surface area contributed by atoms with Crippen molar-refractivity contribution in [2.24, 2.45) is 23.7 Å². The Morgan fingerprint density at radius 2 is 1.15 bits per heavy atom. The predicted molar refractivity (Wildman–Crippen MR) is 370 cm³/mol. The van der Waals surface area contributed by atoms with Crippen molar-refractivity contribution in [2.75, 3.05) is 88.6 Å². The van der Waals surface area contributed by atoms with E-state index >= 15 is 36.7 Å². The first-order valence-electron chi connectivity index (χ1n) is 36.5. The van der Waals surface area contributed by atoms with E-state index in [0.29, 0.717) is 38.5 Å². The molecule has 1 aromatic rings. The summed E-state index contributed by atoms with van der Waals surface area (Å²) in [5.74, 6) is -21.2. The Bertz CT molecular complexity index is 3300. The first kappa shape index (κ1) is 83.9. The van der Waals surface area contributed by atoms with Crippen LogP contribution >= 0.6 is 11.6 Å². The molecule has 7 rings (SSSR count). The van der Waals surface area contributed by atoms with Gasteiger partial charge < -0.3 is 60.0 Å². The zero-order valence-corrected chi connectivity index (χ0v) is 62.6. The smallest absolute Gasteiger partial charge is 0.343 e. The Hall–Kier alpha value is -7.34. The molecule has 582 valence electrons. The highest BCUT2D eigenvalue weighted by Crippen LogP contribution is 2.43. The molecule has 3 aliphatic carbocycles. The van der Waals surface area contributed by atoms with Crippen molar-refractivity contribution in [1.82, 2.24) is 60.0 Å². The highest BCUT2D eigenvalue weighted by atomic mass is 35.5. The van der Waals surface area contributed by atoms with Gasteiger partial charge in [0.1, 0.15) is 47.8 Å². The Labute approximate surface area is 609 Å². The van der Waals surface area contributed by atoms with Crippen LogP contribution in [0.15, 0.2) is 18.2 Å². The summed E-state index contributed by atoms with van der Waals surface area (Å²) in [5.41, 5.74) is -2.62. The number of halogens is 8. The first-order chi connectivity index (χ1) is 48.6. The lowest BCUT2D eigenvalue weighted by molar-refractivity contribution is -0.172. The number of hydrogen-bond acceptors (Lipinski definition) is 12. The van der Waals surface area contributed by atoms with E-state index in [9.17, 15) is 51.5 Å². The number of carbonyl (C=O) groups excluding carboxylic acids is 12. The third-order valence-electron chi connectivity index (χ3n) is 21.9. The molecule has 12 amide bonds. The van der Waals surface area contributed by atoms with Crippen LogP contribution in [0.4, 0.5) is 30.7 Å². The van der Waals surface area contributed by atoms with Crippen LogP contribution in [0.3, 0.4) is 0 Å². The number of fused-ring (bicyclic) bond motifs is 1. The van der Waals surface area contributed by atoms with Crippen LogP contribution in [0.1, 0.15) is 174 Å². The number of nitrogens with zero attached hydrogens (tertiary/aromatic N) is 9. The minimum atomic E-state index is -4.80. The lowest BCUT2D eigenvalue weighted by Crippen LogP contribution is -2.65. The van der Waals surface area contributed by atoms with Gasteiger partial charge in [0.25, 0.3) is 0 Å². The molecule has 104 heavy (non-hydrogen) atoms. The Morgan fingerprint density at radius 1 is 0.587 bits per heavy atom. The Kier molecular flexibility index (Phi) is 28.5. The van der Waals surface area contributed by atoms with E-state index in [0.717, 1.165) is 87.1 Å². The van der Waals surface area contributed by atoms with Crippen LogP contribution < -0.4 is 16.0 Å². The van der Waals surface area contributed by atoms with E-state index in [-0.39, 0.29) is 92.5 Å². The molecule has 6 aliphatic rings. The number of likely N-dealkylation sites (N-methyl/N-ethyl adjacent to an activating group) is 7. The van der Waals surface area contributed by atoms with E-state index in [1.54, 1.807) is 27.7 Å². The monoisotopic (exact) mass is 1500 g/mol. The number of likely N-dealkylation sites (tertiary alicyclic amines) is 1. The molecule has 7 atom stereocenters. The summed E-state index contributed by atoms with van der Waals surface area (Å²) in [6.07, 6.45) is 1.66. The molecule has 1 aromatic carbocycles. The fourth-order valence-electron chi connectivity index (χ4n) is 15.7. The number of rotatable bonds is 11. The van der Waals surface area contributed by atoms with Crippen molar-refractivity contribution in [1.29, 1.82) is 0 Å². The van der Waals surface area contributed by atoms with Crippen molar-refractivity contribution in [3.63, 3.8) is 0 Å². The summed E-state index contributed by atoms with van der Waals surface area (Å²) in [6, 6.07) is -7.34. The number of hydrogen-bond donors (Lipinski definition) is 3. The molecule has 0 unspecified atom stereocenters. The number of aryl methyl sites for hydroxylation is 1. The number of alkyl halides is 7. The largest absolute Gasteiger partial charge is 0.417 e. The van der Waals surface area contributed by atoms with Gasteiger partial charge in [-0.3, -0.25) is 57.5 Å². The fraction of sp³-hybridized carbons (Fsp3) is 0.750. The average molecular weight is 1500 g/mol. The van der Waals surface area contributed by atoms with Gasteiger partial charge in [0, 0.05) is 55.9 Å². The van der Waals surface area contributed by atoms with Crippen LogP contribution in [0.5, 0.6) is 0 Å². The first-order valence-corrected chi connectivity index (χ1v) is 36.9. The number of nitrogens with one attached hydrogen (secondary N) is 3. The molecule has 24 nitrogen and oxygen atoms in total. The molecule has 0 aromatic heterocycles. The molecule has 3 saturated carbocycles. The maximum absolute atomic E-state index is 15.7. The normalized spacial score (nSPS) is 27.0. The van der Waals surface area contributed by atoms with Gasteiger partial charge >= 0.3 is 18.0 Å². The molecule has 0 bridgehead atoms. The van der Waals surface area contributed by atoms with Crippen LogP contribution in [0.25, 0.3) is 0 Å². The van der Waals surface area contributed by atoms with Gasteiger partial charge in [-0.25, -0.2) is 0 Å². The summed E-state index contributed by atoms with van der Waals surface area (Å²) in [7, 11) is 8.97. The molecule has 3 aliphatic heterocycles. The third-order valence-corrected chi connectivity index (χ3v) is 22.2. The number of amides is 12. The second kappa shape index (κ2) is 35.4. The average Bonchev–Trinajstić information content (AvgIpc) is 1.70. The number of carbonyl (C=O) groups is 12. The maximum atomic E-state index is 15.7. The lowest BCUT2D eigenvalue weighted by Gasteiger charge is -2.43. The van der Waals surface area contributed by atoms with E-state index in [4.69, 9.17) is 11.6 Å². The molecule has 1 spiro atoms. The van der Waals surface area contributed by atoms with Gasteiger partial charge in [-0.05, 0) is 112 Å². The lowest BCUT2D eigenvalue weighted by atomic mass is 9.81. The third kappa shape index (κ3) is 20.4. The highest BCUT2D eigenvalue weighted by molar-refractivity contribution is 6.31. The summed E-state index contributed by atoms with van der Waals surface area (Å²) >= 11 is 6.13. The summed E-state index contributed by atoms with van der Waals surface area (Å²) < 4.78 is 102. The van der Waals surface area contributed by atoms with Crippen molar-refractivity contribution < 1.29 is 88.3 Å². The summed E-state index contributed by atoms with van der Waals surface area (Å²) in [5, 5.41) is 7.78. The van der Waals surface area contributed by atoms with Crippen LogP contribution in [-0.2, 0) is 70.1 Å². The quantitative estimate of drug-likeness (QED) is 0.200. The topological polar surface area (TPSA) is 270 Å². The number of benzene rings is 1. The molecular formula is C72H106ClF7N12O12. The zero-order valence-electron chi connectivity index (χ0n) is 61.8. The second-order valence-electron chi connectivity index (χ2n) is 30.7. The summed E-state index contributed by atoms with van der Waals surface area (Å²) in [4.78, 5) is 187. The zero-order chi connectivity index (χ0) is 77.2. The molecule has 3 N–H and O–H groups in total. The molecule has 6 fully saturated rings. The van der Waals surface area contributed by atoms with Gasteiger partial charge in [0.15, 0.2) is 0 Å². The van der Waals surface area contributed by atoms with Crippen molar-refractivity contribution >= 4 is 82.5 Å². The van der Waals surface area contributed by atoms with Crippen molar-refractivity contribution in [2.45, 2.75) is 235 Å². The van der Waals surface area contributed by atoms with Crippen LogP contribution in [0.2, 0.25) is 5.02 Å². The van der Waals surface area contributed by atoms with Gasteiger partial charge in [-0.2, -0.15) is 30.7 Å².